The van der Waals surface area contributed by atoms with Crippen LogP contribution in [-0.4, -0.2) is 13.4 Å². The van der Waals surface area contributed by atoms with E-state index < -0.39 is 0 Å². The number of carbonyl (C=O) groups excluding carboxylic acids is 1. The number of benzene rings is 2. The van der Waals surface area contributed by atoms with Crippen molar-refractivity contribution in [1.29, 1.82) is 5.26 Å². The quantitative estimate of drug-likeness (QED) is 0.785. The van der Waals surface area contributed by atoms with Crippen molar-refractivity contribution < 1.29 is 14.3 Å². The van der Waals surface area contributed by atoms with Crippen LogP contribution in [0.5, 0.6) is 17.2 Å². The summed E-state index contributed by atoms with van der Waals surface area (Å²) < 4.78 is 10.6. The number of hydrogen-bond acceptors (Lipinski definition) is 4. The van der Waals surface area contributed by atoms with Gasteiger partial charge in [-0.1, -0.05) is 0 Å². The molecule has 0 heterocycles. The standard InChI is InChI=1S/C15H11NO3/c1-18-14-6-7-15(12(8-14)10-17)19-13-4-2-11(9-16)3-5-13/h2-8,10H,1H3. The molecule has 0 atom stereocenters. The van der Waals surface area contributed by atoms with Gasteiger partial charge in [-0.05, 0) is 42.5 Å². The van der Waals surface area contributed by atoms with E-state index in [1.54, 1.807) is 42.5 Å². The maximum Gasteiger partial charge on any atom is 0.153 e. The van der Waals surface area contributed by atoms with Crippen LogP contribution in [0.2, 0.25) is 0 Å². The first-order valence-electron chi connectivity index (χ1n) is 5.58. The molecule has 0 spiro atoms. The summed E-state index contributed by atoms with van der Waals surface area (Å²) >= 11 is 0. The van der Waals surface area contributed by atoms with Gasteiger partial charge in [0.05, 0.1) is 24.3 Å². The number of aldehydes is 1. The van der Waals surface area contributed by atoms with Crippen molar-refractivity contribution in [3.05, 3.63) is 53.6 Å². The molecular weight excluding hydrogens is 242 g/mol. The molecule has 2 rings (SSSR count). The van der Waals surface area contributed by atoms with Crippen LogP contribution >= 0.6 is 0 Å². The summed E-state index contributed by atoms with van der Waals surface area (Å²) in [6.07, 6.45) is 0.710. The van der Waals surface area contributed by atoms with E-state index in [2.05, 4.69) is 0 Å². The van der Waals surface area contributed by atoms with Crippen molar-refractivity contribution in [2.75, 3.05) is 7.11 Å². The lowest BCUT2D eigenvalue weighted by Crippen LogP contribution is -1.92. The van der Waals surface area contributed by atoms with Crippen LogP contribution in [0.1, 0.15) is 15.9 Å². The molecular formula is C15H11NO3. The van der Waals surface area contributed by atoms with Crippen LogP contribution in [0.4, 0.5) is 0 Å². The smallest absolute Gasteiger partial charge is 0.153 e. The fourth-order valence-electron chi connectivity index (χ4n) is 1.56. The molecule has 0 radical (unpaired) electrons. The zero-order valence-corrected chi connectivity index (χ0v) is 10.3. The highest BCUT2D eigenvalue weighted by Gasteiger charge is 2.06. The number of carbonyl (C=O) groups is 1. The summed E-state index contributed by atoms with van der Waals surface area (Å²) in [7, 11) is 1.53. The van der Waals surface area contributed by atoms with E-state index in [-0.39, 0.29) is 0 Å². The second-order valence-corrected chi connectivity index (χ2v) is 3.76. The number of methoxy groups -OCH3 is 1. The van der Waals surface area contributed by atoms with Crippen LogP contribution in [0.25, 0.3) is 0 Å². The molecule has 94 valence electrons. The third-order valence-electron chi connectivity index (χ3n) is 2.56. The van der Waals surface area contributed by atoms with Crippen LogP contribution in [0.15, 0.2) is 42.5 Å². The summed E-state index contributed by atoms with van der Waals surface area (Å²) in [5.41, 5.74) is 0.960. The number of nitriles is 1. The van der Waals surface area contributed by atoms with Gasteiger partial charge in [0.15, 0.2) is 6.29 Å². The Morgan fingerprint density at radius 3 is 2.37 bits per heavy atom. The van der Waals surface area contributed by atoms with Gasteiger partial charge in [-0.3, -0.25) is 4.79 Å². The Morgan fingerprint density at radius 2 is 1.79 bits per heavy atom. The molecule has 0 saturated carbocycles. The van der Waals surface area contributed by atoms with Gasteiger partial charge in [-0.2, -0.15) is 5.26 Å². The molecule has 0 amide bonds. The zero-order valence-electron chi connectivity index (χ0n) is 10.3. The van der Waals surface area contributed by atoms with Gasteiger partial charge in [0.2, 0.25) is 0 Å². The van der Waals surface area contributed by atoms with Gasteiger partial charge in [-0.25, -0.2) is 0 Å². The Labute approximate surface area is 110 Å². The second-order valence-electron chi connectivity index (χ2n) is 3.76. The molecule has 0 aromatic heterocycles. The lowest BCUT2D eigenvalue weighted by molar-refractivity contribution is 0.112. The van der Waals surface area contributed by atoms with Crippen LogP contribution in [0.3, 0.4) is 0 Å². The van der Waals surface area contributed by atoms with Crippen molar-refractivity contribution in [2.45, 2.75) is 0 Å². The molecule has 0 unspecified atom stereocenters. The minimum absolute atomic E-state index is 0.406. The molecule has 0 bridgehead atoms. The summed E-state index contributed by atoms with van der Waals surface area (Å²) in [4.78, 5) is 11.0. The lowest BCUT2D eigenvalue weighted by Gasteiger charge is -2.09. The number of rotatable bonds is 4. The van der Waals surface area contributed by atoms with Crippen molar-refractivity contribution in [3.8, 4) is 23.3 Å². The maximum atomic E-state index is 11.0. The average Bonchev–Trinajstić information content (AvgIpc) is 2.48. The first-order valence-corrected chi connectivity index (χ1v) is 5.58. The summed E-state index contributed by atoms with van der Waals surface area (Å²) in [5, 5.41) is 8.71. The topological polar surface area (TPSA) is 59.3 Å². The van der Waals surface area contributed by atoms with Crippen LogP contribution in [-0.2, 0) is 0 Å². The third-order valence-corrected chi connectivity index (χ3v) is 2.56. The predicted molar refractivity (Wildman–Crippen MR) is 69.6 cm³/mol. The highest BCUT2D eigenvalue weighted by molar-refractivity contribution is 5.80. The first kappa shape index (κ1) is 12.7. The highest BCUT2D eigenvalue weighted by atomic mass is 16.5. The van der Waals surface area contributed by atoms with Crippen molar-refractivity contribution in [3.63, 3.8) is 0 Å². The van der Waals surface area contributed by atoms with Gasteiger partial charge in [0, 0.05) is 0 Å². The van der Waals surface area contributed by atoms with Crippen molar-refractivity contribution in [2.24, 2.45) is 0 Å². The van der Waals surface area contributed by atoms with Gasteiger partial charge in [0.25, 0.3) is 0 Å². The fourth-order valence-corrected chi connectivity index (χ4v) is 1.56. The Bertz CT molecular complexity index is 627. The highest BCUT2D eigenvalue weighted by Crippen LogP contribution is 2.27. The molecule has 0 N–H and O–H groups in total. The Hall–Kier alpha value is -2.80. The fraction of sp³-hybridized carbons (Fsp3) is 0.0667. The minimum atomic E-state index is 0.406. The van der Waals surface area contributed by atoms with Gasteiger partial charge in [0.1, 0.15) is 17.2 Å². The molecule has 0 aliphatic heterocycles. The first-order chi connectivity index (χ1) is 9.26. The Kier molecular flexibility index (Phi) is 3.79. The molecule has 4 heteroatoms. The van der Waals surface area contributed by atoms with E-state index in [1.807, 2.05) is 6.07 Å². The van der Waals surface area contributed by atoms with Crippen molar-refractivity contribution in [1.82, 2.24) is 0 Å². The minimum Gasteiger partial charge on any atom is -0.497 e. The van der Waals surface area contributed by atoms with E-state index in [0.717, 1.165) is 0 Å². The lowest BCUT2D eigenvalue weighted by atomic mass is 10.2. The molecule has 19 heavy (non-hydrogen) atoms. The Morgan fingerprint density at radius 1 is 1.11 bits per heavy atom. The average molecular weight is 253 g/mol. The third kappa shape index (κ3) is 2.90. The summed E-state index contributed by atoms with van der Waals surface area (Å²) in [6, 6.07) is 13.7. The summed E-state index contributed by atoms with van der Waals surface area (Å²) in [5.74, 6) is 1.60. The number of nitrogens with zero attached hydrogens (tertiary/aromatic N) is 1. The monoisotopic (exact) mass is 253 g/mol. The second kappa shape index (κ2) is 5.69. The normalized spacial score (nSPS) is 9.47. The van der Waals surface area contributed by atoms with Gasteiger partial charge in [-0.15, -0.1) is 0 Å². The molecule has 0 aliphatic rings. The Balaban J connectivity index is 2.27. The molecule has 0 aliphatic carbocycles. The SMILES string of the molecule is COc1ccc(Oc2ccc(C#N)cc2)c(C=O)c1. The van der Waals surface area contributed by atoms with E-state index in [0.29, 0.717) is 34.7 Å². The van der Waals surface area contributed by atoms with E-state index in [1.165, 1.54) is 7.11 Å². The molecule has 0 saturated heterocycles. The van der Waals surface area contributed by atoms with Crippen molar-refractivity contribution >= 4 is 6.29 Å². The molecule has 4 nitrogen and oxygen atoms in total. The van der Waals surface area contributed by atoms with Crippen LogP contribution in [0, 0.1) is 11.3 Å². The molecule has 2 aromatic rings. The number of hydrogen-bond donors (Lipinski definition) is 0. The van der Waals surface area contributed by atoms with Crippen LogP contribution < -0.4 is 9.47 Å². The summed E-state index contributed by atoms with van der Waals surface area (Å²) in [6.45, 7) is 0. The predicted octanol–water partition coefficient (Wildman–Crippen LogP) is 3.17. The van der Waals surface area contributed by atoms with E-state index in [4.69, 9.17) is 14.7 Å². The number of ether oxygens (including phenoxy) is 2. The molecule has 2 aromatic carbocycles. The van der Waals surface area contributed by atoms with E-state index >= 15 is 0 Å². The zero-order chi connectivity index (χ0) is 13.7. The molecule has 0 fully saturated rings. The largest absolute Gasteiger partial charge is 0.497 e. The van der Waals surface area contributed by atoms with Gasteiger partial charge < -0.3 is 9.47 Å². The maximum absolute atomic E-state index is 11.0. The van der Waals surface area contributed by atoms with E-state index in [9.17, 15) is 4.79 Å². The van der Waals surface area contributed by atoms with Gasteiger partial charge >= 0.3 is 0 Å².